The van der Waals surface area contributed by atoms with Crippen molar-refractivity contribution in [2.45, 2.75) is 52.7 Å². The number of amides is 1. The Kier molecular flexibility index (Phi) is 8.97. The molecule has 35 heavy (non-hydrogen) atoms. The molecular weight excluding hydrogens is 505 g/mol. The van der Waals surface area contributed by atoms with Crippen LogP contribution in [0, 0.1) is 6.92 Å². The zero-order chi connectivity index (χ0) is 25.8. The highest BCUT2D eigenvalue weighted by Crippen LogP contribution is 2.34. The molecule has 0 fully saturated rings. The Morgan fingerprint density at radius 2 is 1.66 bits per heavy atom. The molecule has 0 bridgehead atoms. The van der Waals surface area contributed by atoms with Crippen LogP contribution in [0.25, 0.3) is 0 Å². The molecule has 0 aliphatic carbocycles. The van der Waals surface area contributed by atoms with Gasteiger partial charge < -0.3 is 19.5 Å². The summed E-state index contributed by atoms with van der Waals surface area (Å²) in [5, 5.41) is 4.11. The molecule has 0 atom stereocenters. The fourth-order valence-corrected chi connectivity index (χ4v) is 5.15. The van der Waals surface area contributed by atoms with Gasteiger partial charge in [-0.3, -0.25) is 0 Å². The van der Waals surface area contributed by atoms with Crippen molar-refractivity contribution in [3.05, 3.63) is 78.5 Å². The van der Waals surface area contributed by atoms with E-state index in [0.717, 1.165) is 37.8 Å². The Labute approximate surface area is 221 Å². The maximum absolute atomic E-state index is 12.1. The number of ether oxygens (including phenoxy) is 3. The average Bonchev–Trinajstić information content (AvgIpc) is 3.13. The van der Waals surface area contributed by atoms with E-state index in [0.29, 0.717) is 35.2 Å². The van der Waals surface area contributed by atoms with Gasteiger partial charge in [0.2, 0.25) is 0 Å². The van der Waals surface area contributed by atoms with E-state index in [2.05, 4.69) is 18.3 Å². The number of carbonyl (C=O) groups is 1. The molecule has 1 heterocycles. The van der Waals surface area contributed by atoms with Gasteiger partial charge >= 0.3 is 6.09 Å². The van der Waals surface area contributed by atoms with E-state index in [1.54, 1.807) is 25.6 Å². The third kappa shape index (κ3) is 7.53. The number of alkyl carbamates (subject to hydrolysis) is 1. The number of methoxy groups -OCH3 is 2. The Balaban J connectivity index is 1.85. The maximum atomic E-state index is 12.1. The van der Waals surface area contributed by atoms with E-state index in [4.69, 9.17) is 37.4 Å². The van der Waals surface area contributed by atoms with Gasteiger partial charge in [-0.2, -0.15) is 0 Å². The number of thiophene rings is 1. The van der Waals surface area contributed by atoms with E-state index >= 15 is 0 Å². The highest BCUT2D eigenvalue weighted by atomic mass is 35.5. The summed E-state index contributed by atoms with van der Waals surface area (Å²) in [6.45, 7) is 7.97. The van der Waals surface area contributed by atoms with Crippen molar-refractivity contribution in [3.8, 4) is 11.5 Å². The van der Waals surface area contributed by atoms with Crippen LogP contribution in [0.3, 0.4) is 0 Å². The molecule has 1 amide bonds. The minimum atomic E-state index is -0.545. The van der Waals surface area contributed by atoms with E-state index < -0.39 is 11.7 Å². The van der Waals surface area contributed by atoms with Gasteiger partial charge in [-0.15, -0.1) is 11.3 Å². The molecule has 0 aliphatic heterocycles. The number of hydrogen-bond donors (Lipinski definition) is 1. The normalized spacial score (nSPS) is 11.3. The molecule has 8 heteroatoms. The van der Waals surface area contributed by atoms with Crippen LogP contribution in [0.5, 0.6) is 11.5 Å². The second-order valence-corrected chi connectivity index (χ2v) is 11.4. The van der Waals surface area contributed by atoms with Gasteiger partial charge in [-0.05, 0) is 86.7 Å². The summed E-state index contributed by atoms with van der Waals surface area (Å²) >= 11 is 14.7. The minimum Gasteiger partial charge on any atom is -0.497 e. The van der Waals surface area contributed by atoms with Crippen LogP contribution in [-0.4, -0.2) is 25.9 Å². The summed E-state index contributed by atoms with van der Waals surface area (Å²) in [7, 11) is 3.24. The zero-order valence-corrected chi connectivity index (χ0v) is 23.2. The fourth-order valence-electron chi connectivity index (χ4n) is 3.71. The summed E-state index contributed by atoms with van der Waals surface area (Å²) < 4.78 is 16.3. The first-order valence-electron chi connectivity index (χ1n) is 11.2. The molecule has 2 aromatic carbocycles. The fraction of sp³-hybridized carbons (Fsp3) is 0.370. The molecule has 0 saturated heterocycles. The number of carbonyl (C=O) groups excluding carboxylic acids is 1. The van der Waals surface area contributed by atoms with Crippen LogP contribution in [0.15, 0.2) is 36.4 Å². The van der Waals surface area contributed by atoms with Crippen molar-refractivity contribution >= 4 is 40.6 Å². The molecule has 0 spiro atoms. The lowest BCUT2D eigenvalue weighted by molar-refractivity contribution is 0.0524. The van der Waals surface area contributed by atoms with Gasteiger partial charge in [0.25, 0.3) is 0 Å². The topological polar surface area (TPSA) is 56.8 Å². The van der Waals surface area contributed by atoms with Crippen molar-refractivity contribution < 1.29 is 19.0 Å². The molecule has 5 nitrogen and oxygen atoms in total. The molecule has 0 unspecified atom stereocenters. The largest absolute Gasteiger partial charge is 0.497 e. The SMILES string of the molecule is COc1cc(Cc2ccc(Cl)c(OC)c2)c(Cl)c(Cc2cc(C)sc2CNC(=O)OC(C)(C)C)c1. The van der Waals surface area contributed by atoms with E-state index in [1.165, 1.54) is 0 Å². The van der Waals surface area contributed by atoms with Gasteiger partial charge in [0.15, 0.2) is 0 Å². The Hall–Kier alpha value is -2.41. The van der Waals surface area contributed by atoms with Crippen LogP contribution >= 0.6 is 34.5 Å². The lowest BCUT2D eigenvalue weighted by atomic mass is 9.98. The maximum Gasteiger partial charge on any atom is 0.407 e. The van der Waals surface area contributed by atoms with Crippen LogP contribution < -0.4 is 14.8 Å². The van der Waals surface area contributed by atoms with Gasteiger partial charge in [-0.1, -0.05) is 29.3 Å². The predicted octanol–water partition coefficient (Wildman–Crippen LogP) is 7.59. The van der Waals surface area contributed by atoms with Gasteiger partial charge in [-0.25, -0.2) is 4.79 Å². The van der Waals surface area contributed by atoms with Crippen molar-refractivity contribution in [1.29, 1.82) is 0 Å². The van der Waals surface area contributed by atoms with Gasteiger partial charge in [0.05, 0.1) is 25.8 Å². The molecular formula is C27H31Cl2NO4S. The highest BCUT2D eigenvalue weighted by Gasteiger charge is 2.18. The second-order valence-electron chi connectivity index (χ2n) is 9.24. The van der Waals surface area contributed by atoms with E-state index in [9.17, 15) is 4.79 Å². The molecule has 1 N–H and O–H groups in total. The molecule has 1 aromatic heterocycles. The Bertz CT molecular complexity index is 1200. The lowest BCUT2D eigenvalue weighted by Crippen LogP contribution is -2.32. The van der Waals surface area contributed by atoms with Gasteiger partial charge in [0.1, 0.15) is 17.1 Å². The first-order valence-corrected chi connectivity index (χ1v) is 12.8. The monoisotopic (exact) mass is 535 g/mol. The number of halogens is 2. The van der Waals surface area contributed by atoms with Crippen molar-refractivity contribution in [3.63, 3.8) is 0 Å². The average molecular weight is 537 g/mol. The summed E-state index contributed by atoms with van der Waals surface area (Å²) in [5.74, 6) is 1.36. The third-order valence-electron chi connectivity index (χ3n) is 5.24. The minimum absolute atomic E-state index is 0.391. The highest BCUT2D eigenvalue weighted by molar-refractivity contribution is 7.12. The number of benzene rings is 2. The first-order chi connectivity index (χ1) is 16.5. The van der Waals surface area contributed by atoms with Crippen molar-refractivity contribution in [2.24, 2.45) is 0 Å². The molecule has 0 radical (unpaired) electrons. The predicted molar refractivity (Wildman–Crippen MR) is 144 cm³/mol. The second kappa shape index (κ2) is 11.5. The number of aryl methyl sites for hydroxylation is 1. The molecule has 3 rings (SSSR count). The van der Waals surface area contributed by atoms with Crippen molar-refractivity contribution in [2.75, 3.05) is 14.2 Å². The van der Waals surface area contributed by atoms with Crippen molar-refractivity contribution in [1.82, 2.24) is 5.32 Å². The number of hydrogen-bond acceptors (Lipinski definition) is 5. The first kappa shape index (κ1) is 27.2. The molecule has 3 aromatic rings. The third-order valence-corrected chi connectivity index (χ3v) is 7.13. The van der Waals surface area contributed by atoms with Crippen LogP contribution in [0.2, 0.25) is 10.0 Å². The van der Waals surface area contributed by atoms with Gasteiger partial charge in [0, 0.05) is 21.2 Å². The van der Waals surface area contributed by atoms with Crippen LogP contribution in [0.4, 0.5) is 4.79 Å². The zero-order valence-electron chi connectivity index (χ0n) is 20.9. The standard InChI is InChI=1S/C27H31Cl2NO4S/c1-16-9-18(24(35-16)15-30-26(31)34-27(2,3)4)12-20-14-21(32-5)13-19(25(20)29)10-17-7-8-22(28)23(11-17)33-6/h7-9,11,13-14H,10,12,15H2,1-6H3,(H,30,31). The molecule has 0 saturated carbocycles. The van der Waals surface area contributed by atoms with E-state index in [-0.39, 0.29) is 0 Å². The Morgan fingerprint density at radius 3 is 2.29 bits per heavy atom. The summed E-state index contributed by atoms with van der Waals surface area (Å²) in [6, 6.07) is 11.8. The van der Waals surface area contributed by atoms with E-state index in [1.807, 2.05) is 51.1 Å². The molecule has 188 valence electrons. The quantitative estimate of drug-likeness (QED) is 0.322. The smallest absolute Gasteiger partial charge is 0.407 e. The molecule has 0 aliphatic rings. The Morgan fingerprint density at radius 1 is 0.971 bits per heavy atom. The van der Waals surface area contributed by atoms with Crippen LogP contribution in [0.1, 0.15) is 52.8 Å². The number of rotatable bonds is 8. The number of nitrogens with one attached hydrogen (secondary N) is 1. The summed E-state index contributed by atoms with van der Waals surface area (Å²) in [5.41, 5.74) is 3.50. The summed E-state index contributed by atoms with van der Waals surface area (Å²) in [4.78, 5) is 14.4. The van der Waals surface area contributed by atoms with Crippen LogP contribution in [-0.2, 0) is 24.1 Å². The summed E-state index contributed by atoms with van der Waals surface area (Å²) in [6.07, 6.45) is 0.782. The lowest BCUT2D eigenvalue weighted by Gasteiger charge is -2.19.